The van der Waals surface area contributed by atoms with Gasteiger partial charge >= 0.3 is 0 Å². The summed E-state index contributed by atoms with van der Waals surface area (Å²) in [5, 5.41) is 1.19. The van der Waals surface area contributed by atoms with Crippen molar-refractivity contribution in [1.29, 1.82) is 0 Å². The first-order chi connectivity index (χ1) is 15.5. The Morgan fingerprint density at radius 1 is 1.06 bits per heavy atom. The maximum absolute atomic E-state index is 13.4. The molecule has 1 aliphatic rings. The Hall–Kier alpha value is -3.12. The van der Waals surface area contributed by atoms with E-state index in [4.69, 9.17) is 4.74 Å². The number of fused-ring (bicyclic) bond motifs is 1. The minimum absolute atomic E-state index is 0.0110. The number of nitrogens with zero attached hydrogens (tertiary/aromatic N) is 2. The van der Waals surface area contributed by atoms with E-state index in [0.717, 1.165) is 30.3 Å². The number of ether oxygens (including phenoxy) is 1. The minimum atomic E-state index is -0.115. The summed E-state index contributed by atoms with van der Waals surface area (Å²) in [4.78, 5) is 32.8. The van der Waals surface area contributed by atoms with Gasteiger partial charge in [0, 0.05) is 43.3 Å². The zero-order valence-electron chi connectivity index (χ0n) is 18.8. The summed E-state index contributed by atoms with van der Waals surface area (Å²) in [5.74, 6) is -0.142. The van der Waals surface area contributed by atoms with Gasteiger partial charge in [0.25, 0.3) is 0 Å². The minimum Gasteiger partial charge on any atom is -0.375 e. The number of methoxy groups -OCH3 is 1. The lowest BCUT2D eigenvalue weighted by Crippen LogP contribution is -2.45. The van der Waals surface area contributed by atoms with E-state index >= 15 is 0 Å². The van der Waals surface area contributed by atoms with Crippen molar-refractivity contribution in [2.24, 2.45) is 0 Å². The molecule has 1 aromatic heterocycles. The molecule has 1 heterocycles. The second kappa shape index (κ2) is 10.0. The highest BCUT2D eigenvalue weighted by Crippen LogP contribution is 2.27. The highest BCUT2D eigenvalue weighted by atomic mass is 16.5. The summed E-state index contributed by atoms with van der Waals surface area (Å²) >= 11 is 0. The van der Waals surface area contributed by atoms with Crippen LogP contribution in [0.25, 0.3) is 10.9 Å². The third-order valence-corrected chi connectivity index (χ3v) is 6.05. The van der Waals surface area contributed by atoms with E-state index in [1.807, 2.05) is 23.2 Å². The number of nitrogens with one attached hydrogen (secondary N) is 1. The Morgan fingerprint density at radius 3 is 2.53 bits per heavy atom. The van der Waals surface area contributed by atoms with Crippen molar-refractivity contribution in [3.63, 3.8) is 0 Å². The molecule has 1 fully saturated rings. The molecule has 6 heteroatoms. The van der Waals surface area contributed by atoms with E-state index in [2.05, 4.69) is 48.3 Å². The zero-order valence-corrected chi connectivity index (χ0v) is 18.8. The number of aryl methyl sites for hydroxylation is 1. The van der Waals surface area contributed by atoms with Crippen molar-refractivity contribution in [1.82, 2.24) is 14.8 Å². The fourth-order valence-corrected chi connectivity index (χ4v) is 4.06. The van der Waals surface area contributed by atoms with Gasteiger partial charge in [-0.3, -0.25) is 9.59 Å². The van der Waals surface area contributed by atoms with Crippen LogP contribution in [-0.2, 0) is 27.3 Å². The topological polar surface area (TPSA) is 65.6 Å². The Balaban J connectivity index is 1.50. The van der Waals surface area contributed by atoms with Crippen molar-refractivity contribution < 1.29 is 14.3 Å². The number of carbonyl (C=O) groups is 2. The van der Waals surface area contributed by atoms with Crippen molar-refractivity contribution in [2.75, 3.05) is 26.8 Å². The van der Waals surface area contributed by atoms with Gasteiger partial charge in [0.15, 0.2) is 0 Å². The van der Waals surface area contributed by atoms with Crippen molar-refractivity contribution in [2.45, 2.75) is 38.8 Å². The second-order valence-electron chi connectivity index (χ2n) is 8.60. The van der Waals surface area contributed by atoms with E-state index in [1.54, 1.807) is 4.90 Å². The summed E-state index contributed by atoms with van der Waals surface area (Å²) in [6.45, 7) is 3.28. The fourth-order valence-electron chi connectivity index (χ4n) is 4.06. The highest BCUT2D eigenvalue weighted by molar-refractivity contribution is 5.86. The molecule has 0 unspecified atom stereocenters. The number of carbonyl (C=O) groups excluding carboxylic acids is 2. The third-order valence-electron chi connectivity index (χ3n) is 6.05. The maximum atomic E-state index is 13.4. The van der Waals surface area contributed by atoms with Gasteiger partial charge in [0.1, 0.15) is 13.2 Å². The molecule has 1 saturated carbocycles. The SMILES string of the molecule is COCC(=O)N(CC(=O)N(CCc1c[nH]c2ccccc12)Cc1ccc(C)cc1)C1CC1. The second-order valence-corrected chi connectivity index (χ2v) is 8.60. The molecule has 0 aliphatic heterocycles. The number of aromatic amines is 1. The average molecular weight is 434 g/mol. The third kappa shape index (κ3) is 5.37. The van der Waals surface area contributed by atoms with Crippen LogP contribution in [0.3, 0.4) is 0 Å². The first-order valence-corrected chi connectivity index (χ1v) is 11.2. The van der Waals surface area contributed by atoms with Crippen LogP contribution in [-0.4, -0.2) is 59.4 Å². The van der Waals surface area contributed by atoms with Gasteiger partial charge in [-0.2, -0.15) is 0 Å². The number of aromatic nitrogens is 1. The molecule has 0 bridgehead atoms. The Bertz CT molecular complexity index is 1070. The number of H-pyrrole nitrogens is 1. The molecular weight excluding hydrogens is 402 g/mol. The molecule has 0 saturated heterocycles. The summed E-state index contributed by atoms with van der Waals surface area (Å²) in [5.41, 5.74) is 4.57. The lowest BCUT2D eigenvalue weighted by Gasteiger charge is -2.28. The van der Waals surface area contributed by atoms with Crippen molar-refractivity contribution in [3.05, 3.63) is 71.4 Å². The van der Waals surface area contributed by atoms with Crippen LogP contribution >= 0.6 is 0 Å². The van der Waals surface area contributed by atoms with Crippen LogP contribution in [0.4, 0.5) is 0 Å². The van der Waals surface area contributed by atoms with Gasteiger partial charge in [0.05, 0.1) is 0 Å². The molecule has 1 aliphatic carbocycles. The largest absolute Gasteiger partial charge is 0.375 e. The van der Waals surface area contributed by atoms with Crippen LogP contribution in [0.5, 0.6) is 0 Å². The Morgan fingerprint density at radius 2 is 1.81 bits per heavy atom. The summed E-state index contributed by atoms with van der Waals surface area (Å²) in [7, 11) is 1.51. The molecule has 168 valence electrons. The number of para-hydroxylation sites is 1. The van der Waals surface area contributed by atoms with E-state index in [1.165, 1.54) is 23.6 Å². The first kappa shape index (κ1) is 22.1. The van der Waals surface area contributed by atoms with Gasteiger partial charge in [-0.1, -0.05) is 48.0 Å². The number of amides is 2. The molecule has 2 aromatic carbocycles. The predicted molar refractivity (Wildman–Crippen MR) is 125 cm³/mol. The molecule has 3 aromatic rings. The van der Waals surface area contributed by atoms with Crippen LogP contribution < -0.4 is 0 Å². The van der Waals surface area contributed by atoms with Crippen molar-refractivity contribution in [3.8, 4) is 0 Å². The molecule has 2 amide bonds. The molecule has 6 nitrogen and oxygen atoms in total. The van der Waals surface area contributed by atoms with Crippen LogP contribution in [0, 0.1) is 6.92 Å². The van der Waals surface area contributed by atoms with Gasteiger partial charge in [-0.25, -0.2) is 0 Å². The number of hydrogen-bond acceptors (Lipinski definition) is 3. The summed E-state index contributed by atoms with van der Waals surface area (Å²) in [6.07, 6.45) is 4.68. The fraction of sp³-hybridized carbons (Fsp3) is 0.385. The van der Waals surface area contributed by atoms with Crippen LogP contribution in [0.2, 0.25) is 0 Å². The smallest absolute Gasteiger partial charge is 0.249 e. The van der Waals surface area contributed by atoms with Gasteiger partial charge in [-0.15, -0.1) is 0 Å². The zero-order chi connectivity index (χ0) is 22.5. The van der Waals surface area contributed by atoms with Crippen molar-refractivity contribution >= 4 is 22.7 Å². The number of rotatable bonds is 10. The molecule has 0 atom stereocenters. The lowest BCUT2D eigenvalue weighted by atomic mass is 10.1. The molecular formula is C26H31N3O3. The molecule has 4 rings (SSSR count). The van der Waals surface area contributed by atoms with E-state index in [9.17, 15) is 9.59 Å². The summed E-state index contributed by atoms with van der Waals surface area (Å²) in [6, 6.07) is 16.6. The molecule has 32 heavy (non-hydrogen) atoms. The molecule has 0 spiro atoms. The summed E-state index contributed by atoms with van der Waals surface area (Å²) < 4.78 is 5.03. The normalized spacial score (nSPS) is 13.3. The lowest BCUT2D eigenvalue weighted by molar-refractivity contribution is -0.143. The standard InChI is InChI=1S/C26H31N3O3/c1-19-7-9-20(10-8-19)16-28(14-13-21-15-27-24-6-4-3-5-23(21)24)25(30)17-29(22-11-12-22)26(31)18-32-2/h3-10,15,22,27H,11-14,16-18H2,1-2H3. The average Bonchev–Trinajstić information content (AvgIpc) is 3.56. The monoisotopic (exact) mass is 433 g/mol. The van der Waals surface area contributed by atoms with E-state index in [-0.39, 0.29) is 31.0 Å². The van der Waals surface area contributed by atoms with E-state index in [0.29, 0.717) is 13.1 Å². The quantitative estimate of drug-likeness (QED) is 0.530. The number of hydrogen-bond donors (Lipinski definition) is 1. The first-order valence-electron chi connectivity index (χ1n) is 11.2. The highest BCUT2D eigenvalue weighted by Gasteiger charge is 2.34. The van der Waals surface area contributed by atoms with Gasteiger partial charge in [0.2, 0.25) is 11.8 Å². The molecule has 0 radical (unpaired) electrons. The maximum Gasteiger partial charge on any atom is 0.249 e. The van der Waals surface area contributed by atoms with Gasteiger partial charge < -0.3 is 19.5 Å². The Kier molecular flexibility index (Phi) is 6.90. The van der Waals surface area contributed by atoms with Crippen LogP contribution in [0.15, 0.2) is 54.7 Å². The number of benzene rings is 2. The van der Waals surface area contributed by atoms with Crippen LogP contribution in [0.1, 0.15) is 29.5 Å². The predicted octanol–water partition coefficient (Wildman–Crippen LogP) is 3.69. The van der Waals surface area contributed by atoms with Gasteiger partial charge in [-0.05, 0) is 43.4 Å². The molecule has 1 N–H and O–H groups in total. The van der Waals surface area contributed by atoms with E-state index < -0.39 is 0 Å². The Labute approximate surface area is 189 Å².